The molecule has 18 heteroatoms. The topological polar surface area (TPSA) is 101 Å². The predicted octanol–water partition coefficient (Wildman–Crippen LogP) is 8.15. The maximum atomic E-state index is 13.5. The third kappa shape index (κ3) is 8.08. The number of fused-ring (bicyclic) bond motifs is 1. The highest BCUT2D eigenvalue weighted by Gasteiger charge is 2.41. The molecule has 3 amide bonds. The van der Waals surface area contributed by atoms with E-state index < -0.39 is 56.0 Å². The number of aliphatic imine (C=N–C) groups is 1. The van der Waals surface area contributed by atoms with E-state index in [1.165, 1.54) is 22.8 Å². The smallest absolute Gasteiger partial charge is 0.391 e. The number of amides is 3. The van der Waals surface area contributed by atoms with Crippen molar-refractivity contribution in [1.82, 2.24) is 19.8 Å². The van der Waals surface area contributed by atoms with Gasteiger partial charge >= 0.3 is 12.2 Å². The molecule has 260 valence electrons. The molecule has 2 aromatic carbocycles. The summed E-state index contributed by atoms with van der Waals surface area (Å²) >= 11 is 13.0. The predicted molar refractivity (Wildman–Crippen MR) is 165 cm³/mol. The molecular weight excluding hydrogens is 696 g/mol. The van der Waals surface area contributed by atoms with Crippen molar-refractivity contribution in [3.05, 3.63) is 45.4 Å². The van der Waals surface area contributed by atoms with Gasteiger partial charge in [0, 0.05) is 38.3 Å². The Kier molecular flexibility index (Phi) is 10.3. The number of hydrogen-bond acceptors (Lipinski definition) is 5. The van der Waals surface area contributed by atoms with Crippen molar-refractivity contribution in [3.63, 3.8) is 0 Å². The number of urea groups is 1. The number of likely N-dealkylation sites (tertiary alicyclic amines) is 1. The molecule has 1 aromatic heterocycles. The second-order valence-corrected chi connectivity index (χ2v) is 12.3. The summed E-state index contributed by atoms with van der Waals surface area (Å²) in [5.74, 6) is -5.38. The Morgan fingerprint density at radius 3 is 2.50 bits per heavy atom. The van der Waals surface area contributed by atoms with Gasteiger partial charge in [-0.15, -0.1) is 0 Å². The first-order valence-electron chi connectivity index (χ1n) is 14.8. The second kappa shape index (κ2) is 14.0. The Labute approximate surface area is 279 Å². The normalized spacial score (nSPS) is 18.0. The van der Waals surface area contributed by atoms with E-state index in [-0.39, 0.29) is 83.0 Å². The van der Waals surface area contributed by atoms with Crippen molar-refractivity contribution >= 4 is 63.5 Å². The van der Waals surface area contributed by atoms with Gasteiger partial charge in [0.1, 0.15) is 12.4 Å². The number of carbonyl (C=O) groups excluding carboxylic acids is 2. The monoisotopic (exact) mass is 724 g/mol. The largest absolute Gasteiger partial charge is 0.487 e. The summed E-state index contributed by atoms with van der Waals surface area (Å²) in [4.78, 5) is 35.1. The lowest BCUT2D eigenvalue weighted by Crippen LogP contribution is -2.39. The first-order valence-corrected chi connectivity index (χ1v) is 15.5. The Balaban J connectivity index is 1.39. The summed E-state index contributed by atoms with van der Waals surface area (Å²) in [7, 11) is 1.58. The minimum atomic E-state index is -4.34. The SMILES string of the molecule is Cn1c(Nc2c(Cl)ccc(CNC(=O)N3CCC(F)(F)C3)c2Cl)nc2cc(C(=O)N=C3CCC(C(F)(F)F)CC3)c(OCC(F)F)cc21. The van der Waals surface area contributed by atoms with Crippen LogP contribution in [0.15, 0.2) is 29.3 Å². The lowest BCUT2D eigenvalue weighted by molar-refractivity contribution is -0.178. The minimum Gasteiger partial charge on any atom is -0.487 e. The Hall–Kier alpha value is -3.79. The third-order valence-corrected chi connectivity index (χ3v) is 8.90. The van der Waals surface area contributed by atoms with Crippen molar-refractivity contribution < 1.29 is 45.1 Å². The number of aromatic nitrogens is 2. The third-order valence-electron chi connectivity index (χ3n) is 8.16. The highest BCUT2D eigenvalue weighted by molar-refractivity contribution is 6.39. The van der Waals surface area contributed by atoms with E-state index in [0.717, 1.165) is 4.90 Å². The van der Waals surface area contributed by atoms with Crippen LogP contribution in [0.4, 0.5) is 47.2 Å². The Morgan fingerprint density at radius 1 is 1.17 bits per heavy atom. The summed E-state index contributed by atoms with van der Waals surface area (Å²) in [6, 6.07) is 4.97. The van der Waals surface area contributed by atoms with Crippen LogP contribution in [0.5, 0.6) is 5.75 Å². The molecule has 2 heterocycles. The quantitative estimate of drug-likeness (QED) is 0.229. The number of benzene rings is 2. The van der Waals surface area contributed by atoms with Crippen LogP contribution < -0.4 is 15.4 Å². The van der Waals surface area contributed by atoms with Crippen molar-refractivity contribution in [2.75, 3.05) is 25.0 Å². The first kappa shape index (κ1) is 35.5. The molecule has 1 aliphatic carbocycles. The van der Waals surface area contributed by atoms with Crippen molar-refractivity contribution in [2.45, 2.75) is 57.2 Å². The molecule has 0 radical (unpaired) electrons. The minimum absolute atomic E-state index is 0.0402. The molecule has 0 unspecified atom stereocenters. The van der Waals surface area contributed by atoms with E-state index in [1.807, 2.05) is 0 Å². The van der Waals surface area contributed by atoms with Crippen LogP contribution in [0.1, 0.15) is 48.0 Å². The summed E-state index contributed by atoms with van der Waals surface area (Å²) in [6.07, 6.45) is -8.14. The molecule has 48 heavy (non-hydrogen) atoms. The molecule has 0 spiro atoms. The number of halogens is 9. The fourth-order valence-electron chi connectivity index (χ4n) is 5.51. The van der Waals surface area contributed by atoms with Crippen LogP contribution in [0.2, 0.25) is 10.0 Å². The number of alkyl halides is 7. The van der Waals surface area contributed by atoms with Crippen LogP contribution in [0.3, 0.4) is 0 Å². The number of nitrogens with one attached hydrogen (secondary N) is 2. The van der Waals surface area contributed by atoms with Crippen molar-refractivity contribution in [3.8, 4) is 5.75 Å². The number of carbonyl (C=O) groups is 2. The van der Waals surface area contributed by atoms with Crippen LogP contribution in [-0.4, -0.2) is 70.3 Å². The van der Waals surface area contributed by atoms with Gasteiger partial charge in [-0.2, -0.15) is 13.2 Å². The molecule has 3 aromatic rings. The molecule has 0 bridgehead atoms. The molecule has 5 rings (SSSR count). The van der Waals surface area contributed by atoms with Crippen LogP contribution in [-0.2, 0) is 13.6 Å². The average Bonchev–Trinajstić information content (AvgIpc) is 3.54. The van der Waals surface area contributed by atoms with Gasteiger partial charge < -0.3 is 24.8 Å². The number of aryl methyl sites for hydroxylation is 1. The summed E-state index contributed by atoms with van der Waals surface area (Å²) in [6.45, 7) is -1.92. The number of anilines is 2. The van der Waals surface area contributed by atoms with Crippen molar-refractivity contribution in [1.29, 1.82) is 0 Å². The van der Waals surface area contributed by atoms with Gasteiger partial charge in [-0.05, 0) is 43.4 Å². The van der Waals surface area contributed by atoms with Gasteiger partial charge in [-0.25, -0.2) is 32.3 Å². The highest BCUT2D eigenvalue weighted by Crippen LogP contribution is 2.39. The Morgan fingerprint density at radius 2 is 1.88 bits per heavy atom. The van der Waals surface area contributed by atoms with Crippen LogP contribution in [0.25, 0.3) is 11.0 Å². The summed E-state index contributed by atoms with van der Waals surface area (Å²) < 4.78 is 99.2. The molecule has 2 fully saturated rings. The molecule has 1 saturated heterocycles. The Bertz CT molecular complexity index is 1740. The molecule has 0 atom stereocenters. The molecule has 1 aliphatic heterocycles. The number of nitrogens with zero attached hydrogens (tertiary/aromatic N) is 4. The lowest BCUT2D eigenvalue weighted by Gasteiger charge is -2.25. The number of ether oxygens (including phenoxy) is 1. The number of hydrogen-bond donors (Lipinski definition) is 2. The fraction of sp³-hybridized carbons (Fsp3) is 0.467. The van der Waals surface area contributed by atoms with Gasteiger partial charge in [-0.1, -0.05) is 29.3 Å². The van der Waals surface area contributed by atoms with Crippen LogP contribution >= 0.6 is 23.2 Å². The number of rotatable bonds is 8. The van der Waals surface area contributed by atoms with Gasteiger partial charge in [0.05, 0.1) is 44.8 Å². The van der Waals surface area contributed by atoms with Gasteiger partial charge in [0.2, 0.25) is 5.95 Å². The van der Waals surface area contributed by atoms with Crippen molar-refractivity contribution in [2.24, 2.45) is 18.0 Å². The van der Waals surface area contributed by atoms with Gasteiger partial charge in [-0.3, -0.25) is 4.79 Å². The fourth-order valence-corrected chi connectivity index (χ4v) is 6.05. The molecule has 2 N–H and O–H groups in total. The first-order chi connectivity index (χ1) is 22.5. The summed E-state index contributed by atoms with van der Waals surface area (Å²) in [5, 5.41) is 5.81. The second-order valence-electron chi connectivity index (χ2n) is 11.5. The maximum absolute atomic E-state index is 13.5. The maximum Gasteiger partial charge on any atom is 0.391 e. The van der Waals surface area contributed by atoms with Gasteiger partial charge in [0.25, 0.3) is 18.3 Å². The zero-order chi connectivity index (χ0) is 35.0. The molecule has 1 saturated carbocycles. The molecule has 2 aliphatic rings. The van der Waals surface area contributed by atoms with E-state index >= 15 is 0 Å². The van der Waals surface area contributed by atoms with E-state index in [2.05, 4.69) is 20.6 Å². The average molecular weight is 725 g/mol. The van der Waals surface area contributed by atoms with E-state index in [1.54, 1.807) is 13.1 Å². The van der Waals surface area contributed by atoms with E-state index in [9.17, 15) is 40.3 Å². The van der Waals surface area contributed by atoms with Gasteiger partial charge in [0.15, 0.2) is 0 Å². The standard InChI is InChI=1S/C30H29Cl2F7N6O3/c1-44-21-11-22(48-13-23(33)34)18(26(46)41-17-5-3-16(4-6-17)30(37,38)39)10-20(21)42-27(44)43-25-19(31)7-2-15(24(25)32)12-40-28(47)45-9-8-29(35,36)14-45/h2,7,10-11,16,23H,3-6,8-9,12-14H2,1H3,(H,40,47)(H,42,43). The molecule has 9 nitrogen and oxygen atoms in total. The molecular formula is C30H29Cl2F7N6O3. The van der Waals surface area contributed by atoms with E-state index in [0.29, 0.717) is 11.1 Å². The zero-order valence-electron chi connectivity index (χ0n) is 25.2. The van der Waals surface area contributed by atoms with Crippen LogP contribution in [0, 0.1) is 5.92 Å². The lowest BCUT2D eigenvalue weighted by atomic mass is 9.87. The summed E-state index contributed by atoms with van der Waals surface area (Å²) in [5.41, 5.74) is 1.20. The number of imidazole rings is 1. The highest BCUT2D eigenvalue weighted by atomic mass is 35.5. The van der Waals surface area contributed by atoms with E-state index in [4.69, 9.17) is 27.9 Å². The zero-order valence-corrected chi connectivity index (χ0v) is 26.8.